The van der Waals surface area contributed by atoms with Gasteiger partial charge in [-0.3, -0.25) is 0 Å². The molecule has 0 amide bonds. The molecule has 1 aliphatic rings. The fourth-order valence-electron chi connectivity index (χ4n) is 0.929. The van der Waals surface area contributed by atoms with Crippen LogP contribution in [0.1, 0.15) is 12.5 Å². The quantitative estimate of drug-likeness (QED) is 0.512. The fraction of sp³-hybridized carbons (Fsp3) is 0.308. The van der Waals surface area contributed by atoms with Crippen LogP contribution >= 0.6 is 11.6 Å². The molecule has 1 saturated heterocycles. The first-order chi connectivity index (χ1) is 8.22. The largest absolute Gasteiger partial charge is 0.463 e. The average Bonchev–Trinajstić information content (AvgIpc) is 3.16. The number of rotatable bonds is 3. The molecule has 1 fully saturated rings. The lowest BCUT2D eigenvalue weighted by molar-refractivity contribution is -0.137. The van der Waals surface area contributed by atoms with Crippen LogP contribution in [-0.4, -0.2) is 25.7 Å². The number of halogens is 1. The first kappa shape index (κ1) is 13.7. The lowest BCUT2D eigenvalue weighted by Gasteiger charge is -1.95. The molecule has 3 nitrogen and oxygen atoms in total. The van der Waals surface area contributed by atoms with Gasteiger partial charge >= 0.3 is 5.97 Å². The van der Waals surface area contributed by atoms with Crippen molar-refractivity contribution in [3.8, 4) is 0 Å². The van der Waals surface area contributed by atoms with Gasteiger partial charge in [-0.05, 0) is 30.7 Å². The van der Waals surface area contributed by atoms with Gasteiger partial charge in [-0.15, -0.1) is 0 Å². The highest BCUT2D eigenvalue weighted by atomic mass is 35.5. The van der Waals surface area contributed by atoms with E-state index in [-0.39, 0.29) is 5.97 Å². The van der Waals surface area contributed by atoms with Crippen molar-refractivity contribution in [3.05, 3.63) is 40.9 Å². The van der Waals surface area contributed by atoms with Crippen LogP contribution in [0.25, 0.3) is 6.08 Å². The van der Waals surface area contributed by atoms with E-state index in [0.29, 0.717) is 11.6 Å². The zero-order valence-corrected chi connectivity index (χ0v) is 10.5. The molecule has 0 saturated carbocycles. The van der Waals surface area contributed by atoms with Crippen molar-refractivity contribution in [1.29, 1.82) is 0 Å². The Kier molecular flexibility index (Phi) is 6.37. The summed E-state index contributed by atoms with van der Waals surface area (Å²) in [5.74, 6) is -0.331. The van der Waals surface area contributed by atoms with Gasteiger partial charge in [0.15, 0.2) is 0 Å². The molecule has 2 rings (SSSR count). The summed E-state index contributed by atoms with van der Waals surface area (Å²) in [6, 6.07) is 7.20. The van der Waals surface area contributed by atoms with E-state index >= 15 is 0 Å². The molecular formula is C13H16ClNO2. The normalized spacial score (nSPS) is 12.8. The highest BCUT2D eigenvalue weighted by Gasteiger charge is 1.93. The minimum absolute atomic E-state index is 0.331. The summed E-state index contributed by atoms with van der Waals surface area (Å²) in [5, 5.41) is 3.68. The van der Waals surface area contributed by atoms with Crippen molar-refractivity contribution in [3.63, 3.8) is 0 Å². The number of hydrogen-bond donors (Lipinski definition) is 1. The number of ether oxygens (including phenoxy) is 1. The van der Waals surface area contributed by atoms with E-state index in [1.807, 2.05) is 12.1 Å². The summed E-state index contributed by atoms with van der Waals surface area (Å²) in [7, 11) is 0. The fourth-order valence-corrected chi connectivity index (χ4v) is 1.05. The molecule has 1 N–H and O–H groups in total. The van der Waals surface area contributed by atoms with E-state index in [4.69, 9.17) is 16.3 Å². The van der Waals surface area contributed by atoms with E-state index in [2.05, 4.69) is 5.32 Å². The number of nitrogens with one attached hydrogen (secondary N) is 1. The van der Waals surface area contributed by atoms with Crippen molar-refractivity contribution in [2.24, 2.45) is 0 Å². The first-order valence-electron chi connectivity index (χ1n) is 5.53. The molecule has 0 aliphatic carbocycles. The molecular weight excluding hydrogens is 238 g/mol. The molecule has 0 radical (unpaired) electrons. The van der Waals surface area contributed by atoms with Crippen LogP contribution in [0.3, 0.4) is 0 Å². The van der Waals surface area contributed by atoms with E-state index in [9.17, 15) is 4.79 Å². The predicted molar refractivity (Wildman–Crippen MR) is 70.0 cm³/mol. The summed E-state index contributed by atoms with van der Waals surface area (Å²) < 4.78 is 4.74. The molecule has 0 bridgehead atoms. The first-order valence-corrected chi connectivity index (χ1v) is 5.91. The van der Waals surface area contributed by atoms with E-state index in [1.54, 1.807) is 25.1 Å². The zero-order chi connectivity index (χ0) is 12.5. The van der Waals surface area contributed by atoms with Gasteiger partial charge in [-0.2, -0.15) is 0 Å². The number of hydrogen-bond acceptors (Lipinski definition) is 3. The second-order valence-electron chi connectivity index (χ2n) is 3.39. The Balaban J connectivity index is 0.000000415. The Hall–Kier alpha value is -1.32. The van der Waals surface area contributed by atoms with Crippen LogP contribution in [0.2, 0.25) is 5.02 Å². The number of esters is 1. The SMILES string of the molecule is C1CN1.CCOC(=O)C=Cc1ccc(Cl)cc1. The third-order valence-corrected chi connectivity index (χ3v) is 2.07. The Morgan fingerprint density at radius 1 is 1.41 bits per heavy atom. The van der Waals surface area contributed by atoms with Gasteiger partial charge in [-0.25, -0.2) is 4.79 Å². The van der Waals surface area contributed by atoms with Crippen molar-refractivity contribution in [2.75, 3.05) is 19.7 Å². The second-order valence-corrected chi connectivity index (χ2v) is 3.82. The van der Waals surface area contributed by atoms with Gasteiger partial charge in [0.1, 0.15) is 0 Å². The summed E-state index contributed by atoms with van der Waals surface area (Å²) in [6.45, 7) is 4.66. The monoisotopic (exact) mass is 253 g/mol. The van der Waals surface area contributed by atoms with Crippen LogP contribution in [0.4, 0.5) is 0 Å². The topological polar surface area (TPSA) is 48.2 Å². The molecule has 1 aromatic rings. The maximum absolute atomic E-state index is 10.9. The van der Waals surface area contributed by atoms with Crippen molar-refractivity contribution in [2.45, 2.75) is 6.92 Å². The summed E-state index contributed by atoms with van der Waals surface area (Å²) >= 11 is 5.71. The third kappa shape index (κ3) is 7.55. The molecule has 0 aromatic heterocycles. The van der Waals surface area contributed by atoms with Crippen LogP contribution < -0.4 is 5.32 Å². The number of carbonyl (C=O) groups is 1. The van der Waals surface area contributed by atoms with Crippen LogP contribution in [0.5, 0.6) is 0 Å². The van der Waals surface area contributed by atoms with Crippen LogP contribution in [0, 0.1) is 0 Å². The van der Waals surface area contributed by atoms with Crippen LogP contribution in [0.15, 0.2) is 30.3 Å². The van der Waals surface area contributed by atoms with Gasteiger partial charge in [0.25, 0.3) is 0 Å². The molecule has 1 heterocycles. The summed E-state index contributed by atoms with van der Waals surface area (Å²) in [4.78, 5) is 10.9. The molecule has 92 valence electrons. The van der Waals surface area contributed by atoms with Gasteiger partial charge in [-0.1, -0.05) is 23.7 Å². The average molecular weight is 254 g/mol. The molecule has 0 unspecified atom stereocenters. The standard InChI is InChI=1S/C11H11ClO2.C2H5N/c1-2-14-11(13)8-5-9-3-6-10(12)7-4-9;1-2-3-1/h3-8H,2H2,1H3;3H,1-2H2. The number of benzene rings is 1. The Morgan fingerprint density at radius 3 is 2.47 bits per heavy atom. The Labute approximate surface area is 106 Å². The smallest absolute Gasteiger partial charge is 0.330 e. The van der Waals surface area contributed by atoms with Gasteiger partial charge in [0.05, 0.1) is 6.61 Å². The molecule has 1 aliphatic heterocycles. The van der Waals surface area contributed by atoms with Crippen LogP contribution in [-0.2, 0) is 9.53 Å². The number of carbonyl (C=O) groups excluding carboxylic acids is 1. The highest BCUT2D eigenvalue weighted by molar-refractivity contribution is 6.30. The summed E-state index contributed by atoms with van der Waals surface area (Å²) in [6.07, 6.45) is 3.08. The maximum atomic E-state index is 10.9. The predicted octanol–water partition coefficient (Wildman–Crippen LogP) is 2.51. The van der Waals surface area contributed by atoms with Gasteiger partial charge in [0, 0.05) is 24.2 Å². The highest BCUT2D eigenvalue weighted by Crippen LogP contribution is 2.10. The molecule has 0 atom stereocenters. The Bertz CT molecular complexity index is 369. The van der Waals surface area contributed by atoms with Crippen molar-refractivity contribution < 1.29 is 9.53 Å². The molecule has 4 heteroatoms. The molecule has 1 aromatic carbocycles. The van der Waals surface area contributed by atoms with E-state index < -0.39 is 0 Å². The lowest BCUT2D eigenvalue weighted by Crippen LogP contribution is -1.98. The van der Waals surface area contributed by atoms with Gasteiger partial charge in [0.2, 0.25) is 0 Å². The molecule has 0 spiro atoms. The lowest BCUT2D eigenvalue weighted by atomic mass is 10.2. The second kappa shape index (κ2) is 7.87. The van der Waals surface area contributed by atoms with E-state index in [1.165, 1.54) is 19.2 Å². The summed E-state index contributed by atoms with van der Waals surface area (Å²) in [5.41, 5.74) is 0.919. The minimum atomic E-state index is -0.331. The molecule has 17 heavy (non-hydrogen) atoms. The minimum Gasteiger partial charge on any atom is -0.463 e. The van der Waals surface area contributed by atoms with Crippen molar-refractivity contribution >= 4 is 23.6 Å². The third-order valence-electron chi connectivity index (χ3n) is 1.82. The Morgan fingerprint density at radius 2 is 2.00 bits per heavy atom. The zero-order valence-electron chi connectivity index (χ0n) is 9.78. The van der Waals surface area contributed by atoms with E-state index in [0.717, 1.165) is 5.56 Å². The van der Waals surface area contributed by atoms with Gasteiger partial charge < -0.3 is 10.1 Å². The van der Waals surface area contributed by atoms with Crippen molar-refractivity contribution in [1.82, 2.24) is 5.32 Å². The maximum Gasteiger partial charge on any atom is 0.330 e.